The summed E-state index contributed by atoms with van der Waals surface area (Å²) < 4.78 is 16.0. The standard InChI is InChI=1S/C14H19NO4/c16-14(15-8-13-10-17-6-7-19-13)11-18-9-12-4-2-1-3-5-12/h1-5,13H,6-11H2,(H,15,16)/t13-/m1/s1. The second-order valence-corrected chi connectivity index (χ2v) is 4.35. The first-order valence-corrected chi connectivity index (χ1v) is 6.42. The van der Waals surface area contributed by atoms with E-state index in [0.29, 0.717) is 33.0 Å². The van der Waals surface area contributed by atoms with E-state index in [4.69, 9.17) is 14.2 Å². The highest BCUT2D eigenvalue weighted by atomic mass is 16.6. The van der Waals surface area contributed by atoms with Crippen LogP contribution in [0.3, 0.4) is 0 Å². The van der Waals surface area contributed by atoms with E-state index in [2.05, 4.69) is 5.32 Å². The molecule has 1 aromatic rings. The molecule has 1 saturated heterocycles. The zero-order valence-corrected chi connectivity index (χ0v) is 10.8. The van der Waals surface area contributed by atoms with Gasteiger partial charge in [-0.1, -0.05) is 30.3 Å². The van der Waals surface area contributed by atoms with Crippen LogP contribution in [0, 0.1) is 0 Å². The van der Waals surface area contributed by atoms with Gasteiger partial charge in [-0.15, -0.1) is 0 Å². The number of carbonyl (C=O) groups is 1. The van der Waals surface area contributed by atoms with Crippen molar-refractivity contribution in [2.24, 2.45) is 0 Å². The number of amides is 1. The second-order valence-electron chi connectivity index (χ2n) is 4.35. The Balaban J connectivity index is 1.57. The molecule has 2 rings (SSSR count). The highest BCUT2D eigenvalue weighted by Crippen LogP contribution is 2.01. The molecule has 5 nitrogen and oxygen atoms in total. The van der Waals surface area contributed by atoms with Crippen molar-refractivity contribution in [1.82, 2.24) is 5.32 Å². The van der Waals surface area contributed by atoms with Crippen LogP contribution in [0.15, 0.2) is 30.3 Å². The topological polar surface area (TPSA) is 56.8 Å². The molecule has 1 aliphatic heterocycles. The molecule has 1 atom stereocenters. The van der Waals surface area contributed by atoms with Crippen LogP contribution in [-0.4, -0.2) is 45.0 Å². The van der Waals surface area contributed by atoms with Gasteiger partial charge in [-0.3, -0.25) is 4.79 Å². The van der Waals surface area contributed by atoms with Gasteiger partial charge >= 0.3 is 0 Å². The predicted molar refractivity (Wildman–Crippen MR) is 69.7 cm³/mol. The van der Waals surface area contributed by atoms with E-state index in [-0.39, 0.29) is 18.6 Å². The molecule has 0 aromatic heterocycles. The summed E-state index contributed by atoms with van der Waals surface area (Å²) in [5.74, 6) is -0.134. The van der Waals surface area contributed by atoms with Crippen molar-refractivity contribution < 1.29 is 19.0 Å². The number of benzene rings is 1. The van der Waals surface area contributed by atoms with Crippen molar-refractivity contribution >= 4 is 5.91 Å². The molecule has 0 aliphatic carbocycles. The van der Waals surface area contributed by atoms with Gasteiger partial charge in [0.25, 0.3) is 0 Å². The summed E-state index contributed by atoms with van der Waals surface area (Å²) in [6.07, 6.45) is -0.0492. The van der Waals surface area contributed by atoms with Crippen LogP contribution in [0.5, 0.6) is 0 Å². The molecule has 1 amide bonds. The highest BCUT2D eigenvalue weighted by molar-refractivity contribution is 5.77. The number of carbonyl (C=O) groups excluding carboxylic acids is 1. The third-order valence-electron chi connectivity index (χ3n) is 2.76. The molecule has 0 unspecified atom stereocenters. The molecule has 1 fully saturated rings. The Bertz CT molecular complexity index is 376. The SMILES string of the molecule is O=C(COCc1ccccc1)NC[C@@H]1COCCO1. The zero-order chi connectivity index (χ0) is 13.3. The Kier molecular flexibility index (Phi) is 5.81. The minimum absolute atomic E-state index is 0.0492. The van der Waals surface area contributed by atoms with Crippen LogP contribution < -0.4 is 5.32 Å². The lowest BCUT2D eigenvalue weighted by molar-refractivity contribution is -0.128. The molecule has 0 saturated carbocycles. The summed E-state index contributed by atoms with van der Waals surface area (Å²) in [5, 5.41) is 2.77. The average molecular weight is 265 g/mol. The smallest absolute Gasteiger partial charge is 0.246 e. The van der Waals surface area contributed by atoms with Gasteiger partial charge < -0.3 is 19.5 Å². The number of nitrogens with one attached hydrogen (secondary N) is 1. The summed E-state index contributed by atoms with van der Waals surface area (Å²) in [5.41, 5.74) is 1.05. The summed E-state index contributed by atoms with van der Waals surface area (Å²) in [7, 11) is 0. The fourth-order valence-corrected chi connectivity index (χ4v) is 1.77. The van der Waals surface area contributed by atoms with E-state index < -0.39 is 0 Å². The van der Waals surface area contributed by atoms with E-state index in [0.717, 1.165) is 5.56 Å². The van der Waals surface area contributed by atoms with Crippen LogP contribution in [0.4, 0.5) is 0 Å². The Morgan fingerprint density at radius 3 is 2.89 bits per heavy atom. The largest absolute Gasteiger partial charge is 0.376 e. The van der Waals surface area contributed by atoms with Crippen molar-refractivity contribution in [2.45, 2.75) is 12.7 Å². The average Bonchev–Trinajstić information content (AvgIpc) is 2.47. The molecule has 1 N–H and O–H groups in total. The van der Waals surface area contributed by atoms with Crippen molar-refractivity contribution in [2.75, 3.05) is 33.0 Å². The fraction of sp³-hybridized carbons (Fsp3) is 0.500. The lowest BCUT2D eigenvalue weighted by atomic mass is 10.2. The molecule has 1 aliphatic rings. The van der Waals surface area contributed by atoms with Crippen molar-refractivity contribution in [3.05, 3.63) is 35.9 Å². The van der Waals surface area contributed by atoms with Crippen LogP contribution >= 0.6 is 0 Å². The van der Waals surface area contributed by atoms with Crippen molar-refractivity contribution in [3.8, 4) is 0 Å². The maximum Gasteiger partial charge on any atom is 0.246 e. The first kappa shape index (κ1) is 14.0. The molecule has 0 spiro atoms. The molecule has 0 radical (unpaired) electrons. The van der Waals surface area contributed by atoms with Crippen LogP contribution in [0.25, 0.3) is 0 Å². The number of hydrogen-bond acceptors (Lipinski definition) is 4. The van der Waals surface area contributed by atoms with Crippen LogP contribution in [0.1, 0.15) is 5.56 Å². The molecule has 0 bridgehead atoms. The first-order chi connectivity index (χ1) is 9.34. The van der Waals surface area contributed by atoms with E-state index >= 15 is 0 Å². The maximum atomic E-state index is 11.5. The zero-order valence-electron chi connectivity index (χ0n) is 10.8. The van der Waals surface area contributed by atoms with Gasteiger partial charge in [0.05, 0.1) is 32.5 Å². The quantitative estimate of drug-likeness (QED) is 0.824. The third-order valence-corrected chi connectivity index (χ3v) is 2.76. The normalized spacial score (nSPS) is 19.1. The Morgan fingerprint density at radius 1 is 1.32 bits per heavy atom. The first-order valence-electron chi connectivity index (χ1n) is 6.42. The van der Waals surface area contributed by atoms with Gasteiger partial charge in [-0.05, 0) is 5.56 Å². The number of hydrogen-bond donors (Lipinski definition) is 1. The molecule has 104 valence electrons. The van der Waals surface area contributed by atoms with E-state index in [1.165, 1.54) is 0 Å². The molecular weight excluding hydrogens is 246 g/mol. The Morgan fingerprint density at radius 2 is 2.16 bits per heavy atom. The molecular formula is C14H19NO4. The summed E-state index contributed by atoms with van der Waals surface area (Å²) in [6.45, 7) is 2.72. The summed E-state index contributed by atoms with van der Waals surface area (Å²) in [4.78, 5) is 11.5. The Hall–Kier alpha value is -1.43. The third kappa shape index (κ3) is 5.38. The molecule has 5 heteroatoms. The van der Waals surface area contributed by atoms with Gasteiger partial charge in [-0.25, -0.2) is 0 Å². The van der Waals surface area contributed by atoms with Crippen molar-refractivity contribution in [3.63, 3.8) is 0 Å². The molecule has 19 heavy (non-hydrogen) atoms. The van der Waals surface area contributed by atoms with Gasteiger partial charge in [0.1, 0.15) is 6.61 Å². The maximum absolute atomic E-state index is 11.5. The second kappa shape index (κ2) is 7.89. The molecule has 1 aromatic carbocycles. The minimum Gasteiger partial charge on any atom is -0.376 e. The molecule has 1 heterocycles. The Labute approximate surface area is 112 Å². The van der Waals surface area contributed by atoms with Crippen molar-refractivity contribution in [1.29, 1.82) is 0 Å². The predicted octanol–water partition coefficient (Wildman–Crippen LogP) is 0.735. The van der Waals surface area contributed by atoms with E-state index in [9.17, 15) is 4.79 Å². The fourth-order valence-electron chi connectivity index (χ4n) is 1.77. The highest BCUT2D eigenvalue weighted by Gasteiger charge is 2.14. The number of rotatable bonds is 6. The number of ether oxygens (including phenoxy) is 3. The lowest BCUT2D eigenvalue weighted by Crippen LogP contribution is -2.40. The summed E-state index contributed by atoms with van der Waals surface area (Å²) >= 11 is 0. The van der Waals surface area contributed by atoms with Crippen LogP contribution in [0.2, 0.25) is 0 Å². The monoisotopic (exact) mass is 265 g/mol. The summed E-state index contributed by atoms with van der Waals surface area (Å²) in [6, 6.07) is 9.76. The van der Waals surface area contributed by atoms with Gasteiger partial charge in [0.2, 0.25) is 5.91 Å². The van der Waals surface area contributed by atoms with Crippen LogP contribution in [-0.2, 0) is 25.6 Å². The van der Waals surface area contributed by atoms with Gasteiger partial charge in [0, 0.05) is 6.54 Å². The van der Waals surface area contributed by atoms with E-state index in [1.807, 2.05) is 30.3 Å². The lowest BCUT2D eigenvalue weighted by Gasteiger charge is -2.23. The van der Waals surface area contributed by atoms with Gasteiger partial charge in [-0.2, -0.15) is 0 Å². The van der Waals surface area contributed by atoms with E-state index in [1.54, 1.807) is 0 Å². The van der Waals surface area contributed by atoms with Gasteiger partial charge in [0.15, 0.2) is 0 Å². The minimum atomic E-state index is -0.134.